The molecule has 2 aliphatic rings. The number of nitriles is 1. The van der Waals surface area contributed by atoms with Crippen LogP contribution >= 0.6 is 0 Å². The molecule has 4 rings (SSSR count). The highest BCUT2D eigenvalue weighted by Gasteiger charge is 2.40. The summed E-state index contributed by atoms with van der Waals surface area (Å²) in [4.78, 5) is 38.7. The molecule has 2 aliphatic heterocycles. The van der Waals surface area contributed by atoms with Gasteiger partial charge in [-0.15, -0.1) is 0 Å². The van der Waals surface area contributed by atoms with Gasteiger partial charge in [0.05, 0.1) is 11.6 Å². The van der Waals surface area contributed by atoms with Crippen LogP contribution in [0.2, 0.25) is 0 Å². The first-order valence-corrected chi connectivity index (χ1v) is 8.68. The SMILES string of the molecule is N#C[C@@H]1C(=O)Nc2nc(N3CCCCC3)[nH]c(=O)c2[C@H]1c1ccncc1. The highest BCUT2D eigenvalue weighted by atomic mass is 16.2. The molecule has 132 valence electrons. The molecule has 1 amide bonds. The summed E-state index contributed by atoms with van der Waals surface area (Å²) < 4.78 is 0. The summed E-state index contributed by atoms with van der Waals surface area (Å²) in [6.07, 6.45) is 6.42. The molecule has 2 aromatic heterocycles. The smallest absolute Gasteiger partial charge is 0.258 e. The number of anilines is 2. The van der Waals surface area contributed by atoms with E-state index in [0.717, 1.165) is 32.4 Å². The Kier molecular flexibility index (Phi) is 4.13. The molecule has 8 nitrogen and oxygen atoms in total. The van der Waals surface area contributed by atoms with Crippen molar-refractivity contribution in [2.45, 2.75) is 25.2 Å². The maximum absolute atomic E-state index is 12.9. The van der Waals surface area contributed by atoms with Gasteiger partial charge in [0.15, 0.2) is 0 Å². The number of carbonyl (C=O) groups excluding carboxylic acids is 1. The van der Waals surface area contributed by atoms with Gasteiger partial charge in [0.1, 0.15) is 11.7 Å². The molecule has 8 heteroatoms. The number of fused-ring (bicyclic) bond motifs is 1. The number of pyridine rings is 1. The average Bonchev–Trinajstić information content (AvgIpc) is 2.68. The lowest BCUT2D eigenvalue weighted by molar-refractivity contribution is -0.119. The molecule has 0 aromatic carbocycles. The van der Waals surface area contributed by atoms with Crippen molar-refractivity contribution in [1.29, 1.82) is 5.26 Å². The second kappa shape index (κ2) is 6.59. The molecule has 2 N–H and O–H groups in total. The van der Waals surface area contributed by atoms with Crippen LogP contribution in [0, 0.1) is 17.2 Å². The van der Waals surface area contributed by atoms with Crippen LogP contribution in [0.15, 0.2) is 29.3 Å². The summed E-state index contributed by atoms with van der Waals surface area (Å²) >= 11 is 0. The van der Waals surface area contributed by atoms with E-state index in [1.165, 1.54) is 0 Å². The first-order valence-electron chi connectivity index (χ1n) is 8.68. The largest absolute Gasteiger partial charge is 0.342 e. The van der Waals surface area contributed by atoms with Gasteiger partial charge in [0, 0.05) is 31.4 Å². The first kappa shape index (κ1) is 16.3. The number of aromatic amines is 1. The first-order chi connectivity index (χ1) is 12.7. The zero-order valence-corrected chi connectivity index (χ0v) is 14.1. The van der Waals surface area contributed by atoms with E-state index in [1.807, 2.05) is 11.0 Å². The topological polar surface area (TPSA) is 115 Å². The van der Waals surface area contributed by atoms with E-state index in [4.69, 9.17) is 0 Å². The van der Waals surface area contributed by atoms with Crippen molar-refractivity contribution in [3.63, 3.8) is 0 Å². The summed E-state index contributed by atoms with van der Waals surface area (Å²) in [6, 6.07) is 5.46. The van der Waals surface area contributed by atoms with Crippen molar-refractivity contribution in [1.82, 2.24) is 15.0 Å². The highest BCUT2D eigenvalue weighted by Crippen LogP contribution is 2.37. The maximum Gasteiger partial charge on any atom is 0.258 e. The molecule has 2 atom stereocenters. The van der Waals surface area contributed by atoms with Crippen molar-refractivity contribution >= 4 is 17.7 Å². The summed E-state index contributed by atoms with van der Waals surface area (Å²) in [5.41, 5.74) is 0.696. The van der Waals surface area contributed by atoms with Gasteiger partial charge >= 0.3 is 0 Å². The average molecular weight is 350 g/mol. The summed E-state index contributed by atoms with van der Waals surface area (Å²) in [5, 5.41) is 12.1. The fraction of sp³-hybridized carbons (Fsp3) is 0.389. The number of H-pyrrole nitrogens is 1. The third-order valence-corrected chi connectivity index (χ3v) is 4.97. The van der Waals surface area contributed by atoms with Gasteiger partial charge in [-0.3, -0.25) is 19.6 Å². The number of hydrogen-bond acceptors (Lipinski definition) is 6. The predicted octanol–water partition coefficient (Wildman–Crippen LogP) is 1.38. The number of piperidine rings is 1. The molecule has 0 saturated carbocycles. The lowest BCUT2D eigenvalue weighted by Gasteiger charge is -2.31. The standard InChI is InChI=1S/C18H18N6O2/c19-10-12-13(11-4-6-20-7-5-11)14-15(21-16(12)25)22-18(23-17(14)26)24-8-2-1-3-9-24/h4-7,12-13H,1-3,8-9H2,(H2,21,22,23,25,26)/t12-,13-/m0/s1. The van der Waals surface area contributed by atoms with Gasteiger partial charge in [0.2, 0.25) is 11.9 Å². The third-order valence-electron chi connectivity index (χ3n) is 4.97. The lowest BCUT2D eigenvalue weighted by atomic mass is 9.79. The van der Waals surface area contributed by atoms with Crippen molar-refractivity contribution < 1.29 is 4.79 Å². The quantitative estimate of drug-likeness (QED) is 0.845. The van der Waals surface area contributed by atoms with Crippen molar-refractivity contribution in [3.8, 4) is 6.07 Å². The van der Waals surface area contributed by atoms with E-state index >= 15 is 0 Å². The zero-order chi connectivity index (χ0) is 18.1. The van der Waals surface area contributed by atoms with E-state index in [0.29, 0.717) is 17.1 Å². The fourth-order valence-electron chi connectivity index (χ4n) is 3.69. The number of rotatable bonds is 2. The second-order valence-electron chi connectivity index (χ2n) is 6.55. The molecular formula is C18H18N6O2. The normalized spacial score (nSPS) is 22.3. The van der Waals surface area contributed by atoms with Gasteiger partial charge in [-0.1, -0.05) is 0 Å². The molecule has 1 saturated heterocycles. The summed E-state index contributed by atoms with van der Waals surface area (Å²) in [6.45, 7) is 1.65. The minimum absolute atomic E-state index is 0.243. The zero-order valence-electron chi connectivity index (χ0n) is 14.1. The number of nitrogens with zero attached hydrogens (tertiary/aromatic N) is 4. The van der Waals surface area contributed by atoms with Crippen LogP contribution in [-0.2, 0) is 4.79 Å². The molecule has 0 radical (unpaired) electrons. The lowest BCUT2D eigenvalue weighted by Crippen LogP contribution is -2.40. The molecule has 0 aliphatic carbocycles. The summed E-state index contributed by atoms with van der Waals surface area (Å²) in [7, 11) is 0. The minimum Gasteiger partial charge on any atom is -0.342 e. The molecule has 1 fully saturated rings. The molecular weight excluding hydrogens is 332 g/mol. The van der Waals surface area contributed by atoms with Crippen molar-refractivity contribution in [3.05, 3.63) is 46.0 Å². The van der Waals surface area contributed by atoms with Crippen LogP contribution in [-0.4, -0.2) is 33.9 Å². The fourth-order valence-corrected chi connectivity index (χ4v) is 3.69. The molecule has 2 aromatic rings. The van der Waals surface area contributed by atoms with Crippen LogP contribution in [0.5, 0.6) is 0 Å². The Labute approximate surface area is 149 Å². The Morgan fingerprint density at radius 3 is 2.58 bits per heavy atom. The van der Waals surface area contributed by atoms with Gasteiger partial charge in [0.25, 0.3) is 5.56 Å². The van der Waals surface area contributed by atoms with E-state index in [1.54, 1.807) is 24.5 Å². The molecule has 0 spiro atoms. The molecule has 26 heavy (non-hydrogen) atoms. The van der Waals surface area contributed by atoms with Crippen LogP contribution in [0.4, 0.5) is 11.8 Å². The van der Waals surface area contributed by atoms with Gasteiger partial charge in [-0.05, 0) is 37.0 Å². The van der Waals surface area contributed by atoms with E-state index in [9.17, 15) is 14.9 Å². The Bertz CT molecular complexity index is 927. The van der Waals surface area contributed by atoms with E-state index < -0.39 is 17.7 Å². The predicted molar refractivity (Wildman–Crippen MR) is 94.7 cm³/mol. The van der Waals surface area contributed by atoms with Gasteiger partial charge < -0.3 is 10.2 Å². The number of nitrogens with one attached hydrogen (secondary N) is 2. The van der Waals surface area contributed by atoms with E-state index in [2.05, 4.69) is 20.3 Å². The third kappa shape index (κ3) is 2.71. The number of aromatic nitrogens is 3. The van der Waals surface area contributed by atoms with Gasteiger partial charge in [-0.25, -0.2) is 0 Å². The maximum atomic E-state index is 12.9. The monoisotopic (exact) mass is 350 g/mol. The van der Waals surface area contributed by atoms with Crippen LogP contribution in [0.3, 0.4) is 0 Å². The van der Waals surface area contributed by atoms with E-state index in [-0.39, 0.29) is 11.4 Å². The van der Waals surface area contributed by atoms with Crippen molar-refractivity contribution in [2.24, 2.45) is 5.92 Å². The van der Waals surface area contributed by atoms with Gasteiger partial charge in [-0.2, -0.15) is 10.2 Å². The molecule has 4 heterocycles. The summed E-state index contributed by atoms with van der Waals surface area (Å²) in [5.74, 6) is -1.39. The van der Waals surface area contributed by atoms with Crippen molar-refractivity contribution in [2.75, 3.05) is 23.3 Å². The minimum atomic E-state index is -0.992. The van der Waals surface area contributed by atoms with Crippen LogP contribution < -0.4 is 15.8 Å². The van der Waals surface area contributed by atoms with Crippen LogP contribution in [0.1, 0.15) is 36.3 Å². The molecule has 0 unspecified atom stereocenters. The van der Waals surface area contributed by atoms with Crippen LogP contribution in [0.25, 0.3) is 0 Å². The second-order valence-corrected chi connectivity index (χ2v) is 6.55. The highest BCUT2D eigenvalue weighted by molar-refractivity contribution is 5.97. The number of hydrogen-bond donors (Lipinski definition) is 2. The Morgan fingerprint density at radius 2 is 1.88 bits per heavy atom. The Morgan fingerprint density at radius 1 is 1.15 bits per heavy atom. The molecule has 0 bridgehead atoms. The Balaban J connectivity index is 1.84. The number of amides is 1. The Hall–Kier alpha value is -3.21. The number of carbonyl (C=O) groups is 1.